The summed E-state index contributed by atoms with van der Waals surface area (Å²) < 4.78 is 18.0. The number of aromatic nitrogens is 1. The number of carbonyl (C=O) groups excluding carboxylic acids is 2. The van der Waals surface area contributed by atoms with E-state index in [1.807, 2.05) is 42.7 Å². The maximum atomic E-state index is 12.5. The lowest BCUT2D eigenvalue weighted by Gasteiger charge is -2.22. The number of carbonyl (C=O) groups is 2. The molecule has 0 amide bonds. The molecule has 4 rings (SSSR count). The lowest BCUT2D eigenvalue weighted by Crippen LogP contribution is -2.26. The number of ether oxygens (including phenoxy) is 3. The number of hydrogen-bond donors (Lipinski definition) is 0. The summed E-state index contributed by atoms with van der Waals surface area (Å²) in [5.41, 5.74) is 3.21. The van der Waals surface area contributed by atoms with Gasteiger partial charge in [0.25, 0.3) is 0 Å². The summed E-state index contributed by atoms with van der Waals surface area (Å²) in [5, 5.41) is 0. The molecule has 0 N–H and O–H groups in total. The first-order chi connectivity index (χ1) is 12.5. The minimum absolute atomic E-state index is 0.0242. The van der Waals surface area contributed by atoms with Crippen LogP contribution in [0.25, 0.3) is 5.69 Å². The van der Waals surface area contributed by atoms with Crippen molar-refractivity contribution in [3.63, 3.8) is 0 Å². The molecule has 1 saturated carbocycles. The van der Waals surface area contributed by atoms with E-state index >= 15 is 0 Å². The van der Waals surface area contributed by atoms with Gasteiger partial charge in [0.1, 0.15) is 0 Å². The Morgan fingerprint density at radius 3 is 2.65 bits per heavy atom. The van der Waals surface area contributed by atoms with Gasteiger partial charge in [-0.1, -0.05) is 6.42 Å². The lowest BCUT2D eigenvalue weighted by molar-refractivity contribution is -0.150. The minimum atomic E-state index is -0.255. The monoisotopic (exact) mass is 355 g/mol. The van der Waals surface area contributed by atoms with E-state index in [2.05, 4.69) is 0 Å². The average molecular weight is 355 g/mol. The maximum Gasteiger partial charge on any atom is 0.309 e. The summed E-state index contributed by atoms with van der Waals surface area (Å²) >= 11 is 0. The number of aryl methyl sites for hydroxylation is 1. The molecular formula is C20H21NO5. The number of esters is 1. The molecular weight excluding hydrogens is 334 g/mol. The van der Waals surface area contributed by atoms with E-state index in [4.69, 9.17) is 14.2 Å². The Labute approximate surface area is 151 Å². The Bertz CT molecular complexity index is 879. The van der Waals surface area contributed by atoms with Crippen LogP contribution >= 0.6 is 0 Å². The highest BCUT2D eigenvalue weighted by atomic mass is 16.7. The molecule has 2 aromatic rings. The van der Waals surface area contributed by atoms with E-state index < -0.39 is 0 Å². The van der Waals surface area contributed by atoms with Gasteiger partial charge in [0.05, 0.1) is 5.92 Å². The molecule has 136 valence electrons. The Morgan fingerprint density at radius 2 is 1.92 bits per heavy atom. The molecule has 6 heteroatoms. The molecule has 2 heterocycles. The van der Waals surface area contributed by atoms with Crippen LogP contribution in [0.2, 0.25) is 0 Å². The number of Topliss-reactive ketones (excluding diaryl/α,β-unsaturated/α-hetero) is 1. The summed E-state index contributed by atoms with van der Waals surface area (Å²) in [7, 11) is 0. The van der Waals surface area contributed by atoms with Crippen LogP contribution < -0.4 is 9.47 Å². The number of nitrogens with zero attached hydrogens (tertiary/aromatic N) is 1. The first kappa shape index (κ1) is 16.7. The van der Waals surface area contributed by atoms with Crippen molar-refractivity contribution < 1.29 is 23.8 Å². The lowest BCUT2D eigenvalue weighted by atomic mass is 9.86. The van der Waals surface area contributed by atoms with Crippen molar-refractivity contribution in [1.29, 1.82) is 0 Å². The SMILES string of the molecule is Cc1cc(C(=O)COC(=O)C2CCC2)c(C)n1-c1ccc2c(c1)OCO2. The second-order valence-corrected chi connectivity index (χ2v) is 6.82. The van der Waals surface area contributed by atoms with E-state index in [0.717, 1.165) is 42.1 Å². The molecule has 1 aromatic heterocycles. The second-order valence-electron chi connectivity index (χ2n) is 6.82. The molecule has 0 saturated heterocycles. The van der Waals surface area contributed by atoms with Gasteiger partial charge in [-0.25, -0.2) is 0 Å². The van der Waals surface area contributed by atoms with Crippen molar-refractivity contribution in [2.75, 3.05) is 13.4 Å². The molecule has 0 unspecified atom stereocenters. The molecule has 1 aliphatic heterocycles. The summed E-state index contributed by atoms with van der Waals surface area (Å²) in [5.74, 6) is 0.948. The van der Waals surface area contributed by atoms with E-state index in [1.165, 1.54) is 0 Å². The molecule has 1 fully saturated rings. The normalized spacial score (nSPS) is 15.6. The Kier molecular flexibility index (Phi) is 4.18. The molecule has 1 aliphatic carbocycles. The van der Waals surface area contributed by atoms with Gasteiger partial charge in [0.2, 0.25) is 12.6 Å². The summed E-state index contributed by atoms with van der Waals surface area (Å²) in [4.78, 5) is 24.4. The van der Waals surface area contributed by atoms with E-state index in [9.17, 15) is 9.59 Å². The topological polar surface area (TPSA) is 66.8 Å². The van der Waals surface area contributed by atoms with Gasteiger partial charge in [0, 0.05) is 28.7 Å². The Hall–Kier alpha value is -2.76. The highest BCUT2D eigenvalue weighted by Gasteiger charge is 2.28. The number of rotatable bonds is 5. The van der Waals surface area contributed by atoms with Gasteiger partial charge >= 0.3 is 5.97 Å². The van der Waals surface area contributed by atoms with Crippen molar-refractivity contribution in [1.82, 2.24) is 4.57 Å². The summed E-state index contributed by atoms with van der Waals surface area (Å²) in [6.45, 7) is 3.84. The molecule has 0 spiro atoms. The van der Waals surface area contributed by atoms with Crippen LogP contribution in [0.5, 0.6) is 11.5 Å². The third-order valence-corrected chi connectivity index (χ3v) is 5.13. The first-order valence-corrected chi connectivity index (χ1v) is 8.83. The molecule has 2 aliphatic rings. The zero-order valence-corrected chi connectivity index (χ0v) is 14.9. The molecule has 26 heavy (non-hydrogen) atoms. The fraction of sp³-hybridized carbons (Fsp3) is 0.400. The van der Waals surface area contributed by atoms with Crippen LogP contribution in [0.3, 0.4) is 0 Å². The predicted octanol–water partition coefficient (Wildman–Crippen LogP) is 3.35. The van der Waals surface area contributed by atoms with Gasteiger partial charge in [-0.15, -0.1) is 0 Å². The van der Waals surface area contributed by atoms with Gasteiger partial charge in [-0.3, -0.25) is 9.59 Å². The van der Waals surface area contributed by atoms with Crippen molar-refractivity contribution in [3.05, 3.63) is 41.2 Å². The predicted molar refractivity (Wildman–Crippen MR) is 94.0 cm³/mol. The van der Waals surface area contributed by atoms with Crippen LogP contribution in [-0.2, 0) is 9.53 Å². The van der Waals surface area contributed by atoms with Crippen molar-refractivity contribution in [2.45, 2.75) is 33.1 Å². The molecule has 0 atom stereocenters. The Balaban J connectivity index is 1.54. The third kappa shape index (κ3) is 2.85. The summed E-state index contributed by atoms with van der Waals surface area (Å²) in [6, 6.07) is 7.52. The fourth-order valence-electron chi connectivity index (χ4n) is 3.44. The van der Waals surface area contributed by atoms with Crippen molar-refractivity contribution in [3.8, 4) is 17.2 Å². The Morgan fingerprint density at radius 1 is 1.15 bits per heavy atom. The zero-order chi connectivity index (χ0) is 18.3. The highest BCUT2D eigenvalue weighted by Crippen LogP contribution is 2.35. The van der Waals surface area contributed by atoms with Crippen LogP contribution in [-0.4, -0.2) is 29.7 Å². The second kappa shape index (κ2) is 6.52. The minimum Gasteiger partial charge on any atom is -0.457 e. The molecule has 0 radical (unpaired) electrons. The highest BCUT2D eigenvalue weighted by molar-refractivity contribution is 5.99. The van der Waals surface area contributed by atoms with Crippen molar-refractivity contribution >= 4 is 11.8 Å². The van der Waals surface area contributed by atoms with Gasteiger partial charge in [0.15, 0.2) is 18.1 Å². The van der Waals surface area contributed by atoms with Gasteiger partial charge < -0.3 is 18.8 Å². The van der Waals surface area contributed by atoms with E-state index in [0.29, 0.717) is 11.3 Å². The van der Waals surface area contributed by atoms with Crippen LogP contribution in [0.15, 0.2) is 24.3 Å². The van der Waals surface area contributed by atoms with E-state index in [1.54, 1.807) is 0 Å². The maximum absolute atomic E-state index is 12.5. The smallest absolute Gasteiger partial charge is 0.309 e. The summed E-state index contributed by atoms with van der Waals surface area (Å²) in [6.07, 6.45) is 2.79. The van der Waals surface area contributed by atoms with Crippen LogP contribution in [0.1, 0.15) is 41.0 Å². The quantitative estimate of drug-likeness (QED) is 0.608. The van der Waals surface area contributed by atoms with Crippen molar-refractivity contribution in [2.24, 2.45) is 5.92 Å². The molecule has 0 bridgehead atoms. The largest absolute Gasteiger partial charge is 0.457 e. The van der Waals surface area contributed by atoms with Crippen LogP contribution in [0, 0.1) is 19.8 Å². The van der Waals surface area contributed by atoms with Gasteiger partial charge in [-0.05, 0) is 44.9 Å². The standard InChI is InChI=1S/C20H21NO5/c1-12-8-16(17(22)10-24-20(23)14-4-3-5-14)13(2)21(12)15-6-7-18-19(9-15)26-11-25-18/h6-9,14H,3-5,10-11H2,1-2H3. The number of fused-ring (bicyclic) bond motifs is 1. The molecule has 6 nitrogen and oxygen atoms in total. The number of ketones is 1. The third-order valence-electron chi connectivity index (χ3n) is 5.13. The van der Waals surface area contributed by atoms with Crippen LogP contribution in [0.4, 0.5) is 0 Å². The fourth-order valence-corrected chi connectivity index (χ4v) is 3.44. The molecule has 1 aromatic carbocycles. The van der Waals surface area contributed by atoms with E-state index in [-0.39, 0.29) is 31.1 Å². The average Bonchev–Trinajstić information content (AvgIpc) is 3.14. The number of benzene rings is 1. The zero-order valence-electron chi connectivity index (χ0n) is 14.9. The number of hydrogen-bond acceptors (Lipinski definition) is 5. The van der Waals surface area contributed by atoms with Gasteiger partial charge in [-0.2, -0.15) is 0 Å². The first-order valence-electron chi connectivity index (χ1n) is 8.83.